The van der Waals surface area contributed by atoms with Gasteiger partial charge in [0.05, 0.1) is 30.2 Å². The van der Waals surface area contributed by atoms with E-state index in [0.29, 0.717) is 42.0 Å². The molecule has 0 bridgehead atoms. The Morgan fingerprint density at radius 3 is 2.50 bits per heavy atom. The minimum Gasteiger partial charge on any atom is -0.378 e. The third-order valence-electron chi connectivity index (χ3n) is 4.01. The standard InChI is InChI=1S/C18H16BrF3N2O2/c19-14-3-1-2-12(10-14)17(25)23-15-11-13(18(20,21)22)4-5-16(15)24-6-8-26-9-7-24/h1-5,10-11H,6-9H2,(H,23,25). The van der Waals surface area contributed by atoms with Gasteiger partial charge in [-0.05, 0) is 36.4 Å². The Morgan fingerprint density at radius 2 is 1.85 bits per heavy atom. The van der Waals surface area contributed by atoms with Gasteiger partial charge in [-0.1, -0.05) is 22.0 Å². The van der Waals surface area contributed by atoms with Crippen LogP contribution in [0.15, 0.2) is 46.9 Å². The van der Waals surface area contributed by atoms with E-state index in [9.17, 15) is 18.0 Å². The number of carbonyl (C=O) groups excluding carboxylic acids is 1. The molecule has 2 aromatic carbocycles. The van der Waals surface area contributed by atoms with Gasteiger partial charge >= 0.3 is 6.18 Å². The number of hydrogen-bond donors (Lipinski definition) is 1. The second-order valence-electron chi connectivity index (χ2n) is 5.79. The molecule has 0 saturated carbocycles. The summed E-state index contributed by atoms with van der Waals surface area (Å²) in [7, 11) is 0. The number of rotatable bonds is 3. The first-order valence-electron chi connectivity index (χ1n) is 7.95. The van der Waals surface area contributed by atoms with Gasteiger partial charge in [-0.15, -0.1) is 0 Å². The van der Waals surface area contributed by atoms with E-state index in [1.165, 1.54) is 6.07 Å². The Hall–Kier alpha value is -2.06. The third-order valence-corrected chi connectivity index (χ3v) is 4.50. The fourth-order valence-electron chi connectivity index (χ4n) is 2.72. The van der Waals surface area contributed by atoms with E-state index in [1.807, 2.05) is 4.90 Å². The molecular formula is C18H16BrF3N2O2. The Morgan fingerprint density at radius 1 is 1.12 bits per heavy atom. The van der Waals surface area contributed by atoms with E-state index < -0.39 is 17.6 Å². The molecule has 1 heterocycles. The molecule has 1 N–H and O–H groups in total. The fraction of sp³-hybridized carbons (Fsp3) is 0.278. The molecule has 1 amide bonds. The van der Waals surface area contributed by atoms with Crippen LogP contribution in [0, 0.1) is 0 Å². The second-order valence-corrected chi connectivity index (χ2v) is 6.71. The molecule has 0 aliphatic carbocycles. The van der Waals surface area contributed by atoms with Crippen LogP contribution in [-0.4, -0.2) is 32.2 Å². The monoisotopic (exact) mass is 428 g/mol. The molecule has 1 fully saturated rings. The van der Waals surface area contributed by atoms with Crippen LogP contribution < -0.4 is 10.2 Å². The van der Waals surface area contributed by atoms with Gasteiger partial charge < -0.3 is 15.0 Å². The zero-order chi connectivity index (χ0) is 18.7. The Kier molecular flexibility index (Phi) is 5.52. The van der Waals surface area contributed by atoms with Crippen LogP contribution in [0.3, 0.4) is 0 Å². The molecule has 138 valence electrons. The highest BCUT2D eigenvalue weighted by molar-refractivity contribution is 9.10. The van der Waals surface area contributed by atoms with Crippen LogP contribution >= 0.6 is 15.9 Å². The lowest BCUT2D eigenvalue weighted by atomic mass is 10.1. The van der Waals surface area contributed by atoms with Crippen LogP contribution in [0.4, 0.5) is 24.5 Å². The molecule has 1 aliphatic rings. The van der Waals surface area contributed by atoms with E-state index in [4.69, 9.17) is 4.74 Å². The van der Waals surface area contributed by atoms with E-state index in [-0.39, 0.29) is 5.69 Å². The van der Waals surface area contributed by atoms with Gasteiger partial charge in [-0.2, -0.15) is 13.2 Å². The molecule has 8 heteroatoms. The minimum atomic E-state index is -4.49. The minimum absolute atomic E-state index is 0.131. The highest BCUT2D eigenvalue weighted by Gasteiger charge is 2.32. The molecule has 3 rings (SSSR count). The van der Waals surface area contributed by atoms with Crippen LogP contribution in [-0.2, 0) is 10.9 Å². The van der Waals surface area contributed by atoms with E-state index >= 15 is 0 Å². The Balaban J connectivity index is 1.94. The van der Waals surface area contributed by atoms with Gasteiger partial charge in [0.25, 0.3) is 5.91 Å². The third kappa shape index (κ3) is 4.37. The highest BCUT2D eigenvalue weighted by Crippen LogP contribution is 2.36. The van der Waals surface area contributed by atoms with E-state index in [2.05, 4.69) is 21.2 Å². The molecule has 0 aromatic heterocycles. The number of anilines is 2. The van der Waals surface area contributed by atoms with Crippen molar-refractivity contribution in [1.29, 1.82) is 0 Å². The summed E-state index contributed by atoms with van der Waals surface area (Å²) < 4.78 is 45.3. The summed E-state index contributed by atoms with van der Waals surface area (Å²) in [4.78, 5) is 14.4. The molecule has 0 radical (unpaired) electrons. The Bertz CT molecular complexity index is 805. The number of amides is 1. The van der Waals surface area contributed by atoms with Crippen LogP contribution in [0.2, 0.25) is 0 Å². The van der Waals surface area contributed by atoms with Gasteiger partial charge in [0.1, 0.15) is 0 Å². The van der Waals surface area contributed by atoms with E-state index in [0.717, 1.165) is 12.1 Å². The maximum Gasteiger partial charge on any atom is 0.416 e. The summed E-state index contributed by atoms with van der Waals surface area (Å²) in [5, 5.41) is 2.62. The van der Waals surface area contributed by atoms with Crippen molar-refractivity contribution in [3.63, 3.8) is 0 Å². The smallest absolute Gasteiger partial charge is 0.378 e. The molecule has 0 unspecified atom stereocenters. The largest absolute Gasteiger partial charge is 0.416 e. The first kappa shape index (κ1) is 18.7. The summed E-state index contributed by atoms with van der Waals surface area (Å²) >= 11 is 3.28. The van der Waals surface area contributed by atoms with Crippen LogP contribution in [0.5, 0.6) is 0 Å². The number of halogens is 4. The molecule has 4 nitrogen and oxygen atoms in total. The molecule has 2 aromatic rings. The number of hydrogen-bond acceptors (Lipinski definition) is 3. The molecule has 0 spiro atoms. The molecule has 1 aliphatic heterocycles. The first-order chi connectivity index (χ1) is 12.3. The number of ether oxygens (including phenoxy) is 1. The predicted octanol–water partition coefficient (Wildman–Crippen LogP) is 4.56. The first-order valence-corrected chi connectivity index (χ1v) is 8.75. The highest BCUT2D eigenvalue weighted by atomic mass is 79.9. The number of morpholine rings is 1. The van der Waals surface area contributed by atoms with Gasteiger partial charge in [-0.3, -0.25) is 4.79 Å². The quantitative estimate of drug-likeness (QED) is 0.778. The van der Waals surface area contributed by atoms with Gasteiger partial charge in [-0.25, -0.2) is 0 Å². The Labute approximate surface area is 157 Å². The van der Waals surface area contributed by atoms with Gasteiger partial charge in [0.15, 0.2) is 0 Å². The number of nitrogens with one attached hydrogen (secondary N) is 1. The molecule has 26 heavy (non-hydrogen) atoms. The van der Waals surface area contributed by atoms with Gasteiger partial charge in [0.2, 0.25) is 0 Å². The predicted molar refractivity (Wildman–Crippen MR) is 96.6 cm³/mol. The SMILES string of the molecule is O=C(Nc1cc(C(F)(F)F)ccc1N1CCOCC1)c1cccc(Br)c1. The lowest BCUT2D eigenvalue weighted by Gasteiger charge is -2.31. The van der Waals surface area contributed by atoms with Crippen molar-refractivity contribution in [3.8, 4) is 0 Å². The second kappa shape index (κ2) is 7.67. The summed E-state index contributed by atoms with van der Waals surface area (Å²) in [5.41, 5.74) is 0.222. The number of benzene rings is 2. The van der Waals surface area contributed by atoms with Crippen molar-refractivity contribution in [1.82, 2.24) is 0 Å². The molecular weight excluding hydrogens is 413 g/mol. The average Bonchev–Trinajstić information content (AvgIpc) is 2.61. The van der Waals surface area contributed by atoms with Crippen LogP contribution in [0.25, 0.3) is 0 Å². The van der Waals surface area contributed by atoms with Gasteiger partial charge in [0, 0.05) is 23.1 Å². The summed E-state index contributed by atoms with van der Waals surface area (Å²) in [6.45, 7) is 2.07. The summed E-state index contributed by atoms with van der Waals surface area (Å²) in [6, 6.07) is 10.1. The zero-order valence-corrected chi connectivity index (χ0v) is 15.2. The number of alkyl halides is 3. The average molecular weight is 429 g/mol. The molecule has 1 saturated heterocycles. The lowest BCUT2D eigenvalue weighted by Crippen LogP contribution is -2.36. The van der Waals surface area contributed by atoms with Crippen LogP contribution in [0.1, 0.15) is 15.9 Å². The van der Waals surface area contributed by atoms with E-state index in [1.54, 1.807) is 24.3 Å². The maximum atomic E-state index is 13.1. The summed E-state index contributed by atoms with van der Waals surface area (Å²) in [6.07, 6.45) is -4.49. The number of nitrogens with zero attached hydrogens (tertiary/aromatic N) is 1. The number of carbonyl (C=O) groups is 1. The summed E-state index contributed by atoms with van der Waals surface area (Å²) in [5.74, 6) is -0.472. The van der Waals surface area contributed by atoms with Crippen molar-refractivity contribution < 1.29 is 22.7 Å². The van der Waals surface area contributed by atoms with Crippen molar-refractivity contribution >= 4 is 33.2 Å². The van der Waals surface area contributed by atoms with Crippen molar-refractivity contribution in [2.24, 2.45) is 0 Å². The lowest BCUT2D eigenvalue weighted by molar-refractivity contribution is -0.137. The zero-order valence-electron chi connectivity index (χ0n) is 13.6. The normalized spacial score (nSPS) is 15.0. The van der Waals surface area contributed by atoms with Crippen molar-refractivity contribution in [2.75, 3.05) is 36.5 Å². The van der Waals surface area contributed by atoms with Crippen molar-refractivity contribution in [3.05, 3.63) is 58.1 Å². The topological polar surface area (TPSA) is 41.6 Å². The fourth-order valence-corrected chi connectivity index (χ4v) is 3.12. The van der Waals surface area contributed by atoms with Crippen molar-refractivity contribution in [2.45, 2.75) is 6.18 Å². The maximum absolute atomic E-state index is 13.1. The molecule has 0 atom stereocenters.